The number of carbonyl (C=O) groups is 2. The normalized spacial score (nSPS) is 11.5. The van der Waals surface area contributed by atoms with Crippen LogP contribution in [0.2, 0.25) is 10.0 Å². The maximum Gasteiger partial charge on any atom is 0.272 e. The van der Waals surface area contributed by atoms with Gasteiger partial charge in [-0.05, 0) is 97.1 Å². The number of hydrogen-bond donors (Lipinski definition) is 0. The molecule has 0 bridgehead atoms. The van der Waals surface area contributed by atoms with Crippen molar-refractivity contribution in [1.82, 2.24) is 0 Å². The van der Waals surface area contributed by atoms with E-state index in [-0.39, 0.29) is 32.3 Å². The van der Waals surface area contributed by atoms with Crippen LogP contribution >= 0.6 is 23.2 Å². The first-order valence-electron chi connectivity index (χ1n) is 12.9. The molecule has 0 spiro atoms. The number of halogens is 2. The summed E-state index contributed by atoms with van der Waals surface area (Å²) in [5.41, 5.74) is 0.0164. The lowest BCUT2D eigenvalue weighted by molar-refractivity contribution is 0.0996. The minimum absolute atomic E-state index is 0.0893. The highest BCUT2D eigenvalue weighted by molar-refractivity contribution is 7.94. The van der Waals surface area contributed by atoms with Crippen LogP contribution in [0.3, 0.4) is 0 Å². The van der Waals surface area contributed by atoms with E-state index in [2.05, 4.69) is 0 Å². The van der Waals surface area contributed by atoms with Gasteiger partial charge in [-0.25, -0.2) is 16.8 Å². The van der Waals surface area contributed by atoms with E-state index in [0.29, 0.717) is 18.7 Å². The number of sulfonamides is 2. The van der Waals surface area contributed by atoms with Gasteiger partial charge in [0, 0.05) is 21.2 Å². The maximum absolute atomic E-state index is 13.8. The number of rotatable bonds is 8. The van der Waals surface area contributed by atoms with Gasteiger partial charge in [-0.15, -0.1) is 0 Å². The molecule has 0 unspecified atom stereocenters. The molecule has 0 saturated heterocycles. The third kappa shape index (κ3) is 6.24. The molecule has 0 aliphatic carbocycles. The second-order valence-corrected chi connectivity index (χ2v) is 13.8. The molecule has 5 rings (SSSR count). The van der Waals surface area contributed by atoms with Gasteiger partial charge in [0.2, 0.25) is 0 Å². The zero-order valence-corrected chi connectivity index (χ0v) is 25.8. The van der Waals surface area contributed by atoms with Crippen LogP contribution in [0.5, 0.6) is 0 Å². The molecule has 2 amide bonds. The van der Waals surface area contributed by atoms with Crippen molar-refractivity contribution in [2.45, 2.75) is 9.79 Å². The minimum atomic E-state index is -4.47. The van der Waals surface area contributed by atoms with Crippen molar-refractivity contribution in [3.05, 3.63) is 155 Å². The number of amides is 2. The van der Waals surface area contributed by atoms with E-state index in [9.17, 15) is 26.4 Å². The second kappa shape index (κ2) is 12.6. The summed E-state index contributed by atoms with van der Waals surface area (Å²) in [7, 11) is -8.94. The van der Waals surface area contributed by atoms with E-state index in [4.69, 9.17) is 23.2 Å². The first-order chi connectivity index (χ1) is 21.0. The summed E-state index contributed by atoms with van der Waals surface area (Å²) in [4.78, 5) is 26.9. The Morgan fingerprint density at radius 1 is 0.432 bits per heavy atom. The summed E-state index contributed by atoms with van der Waals surface area (Å²) in [5.74, 6) is -1.70. The largest absolute Gasteiger partial charge is 0.272 e. The molecule has 5 aromatic rings. The van der Waals surface area contributed by atoms with Crippen LogP contribution in [-0.2, 0) is 20.0 Å². The smallest absolute Gasteiger partial charge is 0.268 e. The second-order valence-electron chi connectivity index (χ2n) is 9.31. The van der Waals surface area contributed by atoms with Crippen LogP contribution in [0, 0.1) is 0 Å². The fraction of sp³-hybridized carbons (Fsp3) is 0. The Bertz CT molecular complexity index is 1870. The highest BCUT2D eigenvalue weighted by atomic mass is 35.5. The molecule has 222 valence electrons. The molecule has 0 N–H and O–H groups in total. The maximum atomic E-state index is 13.8. The highest BCUT2D eigenvalue weighted by Crippen LogP contribution is 2.32. The topological polar surface area (TPSA) is 109 Å². The molecule has 0 atom stereocenters. The number of hydrogen-bond acceptors (Lipinski definition) is 6. The molecule has 5 aromatic carbocycles. The molecule has 44 heavy (non-hydrogen) atoms. The van der Waals surface area contributed by atoms with Gasteiger partial charge in [-0.2, -0.15) is 8.61 Å². The number of carbonyl (C=O) groups excluding carboxylic acids is 2. The van der Waals surface area contributed by atoms with Crippen molar-refractivity contribution in [1.29, 1.82) is 0 Å². The van der Waals surface area contributed by atoms with E-state index < -0.39 is 31.9 Å². The van der Waals surface area contributed by atoms with Crippen molar-refractivity contribution in [2.24, 2.45) is 0 Å². The predicted octanol–water partition coefficient (Wildman–Crippen LogP) is 7.06. The summed E-state index contributed by atoms with van der Waals surface area (Å²) in [6.07, 6.45) is 0. The third-order valence-corrected chi connectivity index (χ3v) is 10.4. The molecule has 0 heterocycles. The standard InChI is InChI=1S/C32H22Cl2N2O6S2/c33-25-11-19-29(20-12-25)43(39,40)35(31(37)23-7-3-1-4-8-23)27-15-17-28(18-16-27)36(32(38)24-9-5-2-6-10-24)44(41,42)30-21-13-26(34)14-22-30/h1-22H. The molecule has 0 fully saturated rings. The zero-order chi connectivity index (χ0) is 31.5. The lowest BCUT2D eigenvalue weighted by Crippen LogP contribution is -2.38. The lowest BCUT2D eigenvalue weighted by Gasteiger charge is -2.25. The fourth-order valence-corrected chi connectivity index (χ4v) is 7.35. The van der Waals surface area contributed by atoms with Crippen molar-refractivity contribution in [2.75, 3.05) is 8.61 Å². The molecule has 0 saturated carbocycles. The quantitative estimate of drug-likeness (QED) is 0.176. The Balaban J connectivity index is 1.63. The van der Waals surface area contributed by atoms with Crippen LogP contribution in [0.15, 0.2) is 143 Å². The van der Waals surface area contributed by atoms with Gasteiger partial charge in [0.05, 0.1) is 21.2 Å². The number of benzene rings is 5. The van der Waals surface area contributed by atoms with Gasteiger partial charge < -0.3 is 0 Å². The van der Waals surface area contributed by atoms with Gasteiger partial charge in [0.15, 0.2) is 0 Å². The fourth-order valence-electron chi connectivity index (χ4n) is 4.27. The van der Waals surface area contributed by atoms with Crippen molar-refractivity contribution in [3.8, 4) is 0 Å². The molecule has 0 aliphatic heterocycles. The Kier molecular flexibility index (Phi) is 8.89. The minimum Gasteiger partial charge on any atom is -0.268 e. The molecule has 0 aromatic heterocycles. The summed E-state index contributed by atoms with van der Waals surface area (Å²) < 4.78 is 56.6. The first kappa shape index (κ1) is 31.0. The summed E-state index contributed by atoms with van der Waals surface area (Å²) in [6.45, 7) is 0. The molecular formula is C32H22Cl2N2O6S2. The third-order valence-electron chi connectivity index (χ3n) is 6.43. The monoisotopic (exact) mass is 664 g/mol. The Labute approximate surface area is 264 Å². The predicted molar refractivity (Wildman–Crippen MR) is 170 cm³/mol. The van der Waals surface area contributed by atoms with Crippen LogP contribution in [0.1, 0.15) is 20.7 Å². The average molecular weight is 666 g/mol. The van der Waals surface area contributed by atoms with Crippen LogP contribution in [0.4, 0.5) is 11.4 Å². The number of anilines is 2. The zero-order valence-electron chi connectivity index (χ0n) is 22.6. The van der Waals surface area contributed by atoms with E-state index in [1.807, 2.05) is 0 Å². The Morgan fingerprint density at radius 2 is 0.727 bits per heavy atom. The van der Waals surface area contributed by atoms with Crippen molar-refractivity contribution < 1.29 is 26.4 Å². The van der Waals surface area contributed by atoms with Gasteiger partial charge in [0.1, 0.15) is 0 Å². The van der Waals surface area contributed by atoms with Gasteiger partial charge in [-0.3, -0.25) is 9.59 Å². The summed E-state index contributed by atoms with van der Waals surface area (Å²) in [6, 6.07) is 31.3. The van der Waals surface area contributed by atoms with E-state index in [0.717, 1.165) is 0 Å². The highest BCUT2D eigenvalue weighted by Gasteiger charge is 2.34. The SMILES string of the molecule is O=C(c1ccccc1)N(c1ccc(N(C(=O)c2ccccc2)S(=O)(=O)c2ccc(Cl)cc2)cc1)S(=O)(=O)c1ccc(Cl)cc1. The van der Waals surface area contributed by atoms with Crippen molar-refractivity contribution in [3.63, 3.8) is 0 Å². The first-order valence-corrected chi connectivity index (χ1v) is 16.5. The van der Waals surface area contributed by atoms with Crippen molar-refractivity contribution >= 4 is 66.4 Å². The summed E-state index contributed by atoms with van der Waals surface area (Å²) in [5, 5.41) is 0.610. The molecule has 12 heteroatoms. The Hall–Kier alpha value is -4.48. The van der Waals surface area contributed by atoms with Crippen LogP contribution < -0.4 is 8.61 Å². The van der Waals surface area contributed by atoms with Gasteiger partial charge in [-0.1, -0.05) is 59.6 Å². The molecule has 0 radical (unpaired) electrons. The molecule has 8 nitrogen and oxygen atoms in total. The number of nitrogens with zero attached hydrogens (tertiary/aromatic N) is 2. The van der Waals surface area contributed by atoms with Crippen LogP contribution in [0.25, 0.3) is 0 Å². The lowest BCUT2D eigenvalue weighted by atomic mass is 10.2. The molecular weight excluding hydrogens is 643 g/mol. The van der Waals surface area contributed by atoms with Crippen LogP contribution in [-0.4, -0.2) is 28.6 Å². The van der Waals surface area contributed by atoms with E-state index in [1.165, 1.54) is 97.1 Å². The van der Waals surface area contributed by atoms with Gasteiger partial charge >= 0.3 is 0 Å². The summed E-state index contributed by atoms with van der Waals surface area (Å²) >= 11 is 11.9. The Morgan fingerprint density at radius 3 is 1.02 bits per heavy atom. The van der Waals surface area contributed by atoms with E-state index in [1.54, 1.807) is 36.4 Å². The molecule has 0 aliphatic rings. The van der Waals surface area contributed by atoms with Gasteiger partial charge in [0.25, 0.3) is 31.9 Å². The van der Waals surface area contributed by atoms with E-state index >= 15 is 0 Å². The average Bonchev–Trinajstić information content (AvgIpc) is 3.03.